The average molecular weight is 196 g/mol. The number of hydrogen-bond acceptors (Lipinski definition) is 2. The average Bonchev–Trinajstić information content (AvgIpc) is 2.54. The Morgan fingerprint density at radius 2 is 2.46 bits per heavy atom. The van der Waals surface area contributed by atoms with E-state index in [0.29, 0.717) is 0 Å². The molecule has 2 nitrogen and oxygen atoms in total. The molecule has 1 heterocycles. The van der Waals surface area contributed by atoms with E-state index >= 15 is 0 Å². The third-order valence-electron chi connectivity index (χ3n) is 1.71. The molecule has 1 aromatic heterocycles. The van der Waals surface area contributed by atoms with Gasteiger partial charge in [-0.3, -0.25) is 4.68 Å². The normalized spacial score (nSPS) is 11.2. The highest BCUT2D eigenvalue weighted by Crippen LogP contribution is 2.02. The predicted molar refractivity (Wildman–Crippen MR) is 60.0 cm³/mol. The SMILES string of the molecule is CCCn1cc(C=CCCS)cn1. The van der Waals surface area contributed by atoms with Gasteiger partial charge in [-0.2, -0.15) is 17.7 Å². The van der Waals surface area contributed by atoms with Crippen molar-refractivity contribution in [1.29, 1.82) is 0 Å². The number of aryl methyl sites for hydroxylation is 1. The van der Waals surface area contributed by atoms with Crippen LogP contribution in [0.15, 0.2) is 18.5 Å². The lowest BCUT2D eigenvalue weighted by Crippen LogP contribution is -1.95. The van der Waals surface area contributed by atoms with Crippen LogP contribution < -0.4 is 0 Å². The third-order valence-corrected chi connectivity index (χ3v) is 1.97. The smallest absolute Gasteiger partial charge is 0.0562 e. The molecule has 0 spiro atoms. The minimum Gasteiger partial charge on any atom is -0.272 e. The minimum absolute atomic E-state index is 0.902. The molecule has 0 atom stereocenters. The lowest BCUT2D eigenvalue weighted by Gasteiger charge is -1.93. The lowest BCUT2D eigenvalue weighted by atomic mass is 10.3. The van der Waals surface area contributed by atoms with Gasteiger partial charge in [0.15, 0.2) is 0 Å². The molecule has 0 radical (unpaired) electrons. The molecule has 13 heavy (non-hydrogen) atoms. The van der Waals surface area contributed by atoms with E-state index in [0.717, 1.165) is 25.1 Å². The van der Waals surface area contributed by atoms with Crippen LogP contribution in [-0.2, 0) is 6.54 Å². The van der Waals surface area contributed by atoms with Gasteiger partial charge in [-0.05, 0) is 18.6 Å². The van der Waals surface area contributed by atoms with Gasteiger partial charge < -0.3 is 0 Å². The fourth-order valence-electron chi connectivity index (χ4n) is 1.11. The lowest BCUT2D eigenvalue weighted by molar-refractivity contribution is 0.602. The Morgan fingerprint density at radius 1 is 1.62 bits per heavy atom. The van der Waals surface area contributed by atoms with Crippen LogP contribution in [0.3, 0.4) is 0 Å². The second-order valence-corrected chi connectivity index (χ2v) is 3.40. The maximum absolute atomic E-state index is 4.23. The van der Waals surface area contributed by atoms with Gasteiger partial charge in [-0.25, -0.2) is 0 Å². The largest absolute Gasteiger partial charge is 0.272 e. The van der Waals surface area contributed by atoms with Gasteiger partial charge in [0.25, 0.3) is 0 Å². The summed E-state index contributed by atoms with van der Waals surface area (Å²) in [4.78, 5) is 0. The van der Waals surface area contributed by atoms with Crippen LogP contribution in [-0.4, -0.2) is 15.5 Å². The fraction of sp³-hybridized carbons (Fsp3) is 0.500. The topological polar surface area (TPSA) is 17.8 Å². The highest BCUT2D eigenvalue weighted by molar-refractivity contribution is 7.80. The molecule has 0 unspecified atom stereocenters. The number of allylic oxidation sites excluding steroid dienone is 1. The van der Waals surface area contributed by atoms with Crippen molar-refractivity contribution >= 4 is 18.7 Å². The molecule has 0 aliphatic carbocycles. The van der Waals surface area contributed by atoms with Crippen LogP contribution in [0.25, 0.3) is 6.08 Å². The van der Waals surface area contributed by atoms with Crippen LogP contribution >= 0.6 is 12.6 Å². The summed E-state index contributed by atoms with van der Waals surface area (Å²) in [5.74, 6) is 0.902. The zero-order valence-electron chi connectivity index (χ0n) is 7.98. The van der Waals surface area contributed by atoms with Crippen molar-refractivity contribution < 1.29 is 0 Å². The van der Waals surface area contributed by atoms with Crippen molar-refractivity contribution in [2.45, 2.75) is 26.3 Å². The molecule has 0 saturated heterocycles. The Kier molecular flexibility index (Phi) is 4.68. The first kappa shape index (κ1) is 10.4. The molecule has 0 N–H and O–H groups in total. The predicted octanol–water partition coefficient (Wildman–Crippen LogP) is 2.63. The molecular formula is C10H16N2S. The molecule has 0 bridgehead atoms. The van der Waals surface area contributed by atoms with E-state index in [1.54, 1.807) is 0 Å². The van der Waals surface area contributed by atoms with Gasteiger partial charge in [0, 0.05) is 18.3 Å². The number of hydrogen-bond donors (Lipinski definition) is 1. The zero-order chi connectivity index (χ0) is 9.52. The monoisotopic (exact) mass is 196 g/mol. The highest BCUT2D eigenvalue weighted by Gasteiger charge is 1.92. The molecule has 0 aromatic carbocycles. The zero-order valence-corrected chi connectivity index (χ0v) is 8.87. The quantitative estimate of drug-likeness (QED) is 0.717. The van der Waals surface area contributed by atoms with Gasteiger partial charge in [0.05, 0.1) is 6.20 Å². The van der Waals surface area contributed by atoms with Crippen LogP contribution in [0.1, 0.15) is 25.3 Å². The maximum Gasteiger partial charge on any atom is 0.0562 e. The number of thiol groups is 1. The molecule has 1 rings (SSSR count). The van der Waals surface area contributed by atoms with Crippen molar-refractivity contribution in [3.05, 3.63) is 24.0 Å². The van der Waals surface area contributed by atoms with E-state index < -0.39 is 0 Å². The van der Waals surface area contributed by atoms with Gasteiger partial charge in [-0.1, -0.05) is 19.1 Å². The molecule has 0 aliphatic rings. The summed E-state index contributed by atoms with van der Waals surface area (Å²) in [7, 11) is 0. The summed E-state index contributed by atoms with van der Waals surface area (Å²) in [6, 6.07) is 0. The van der Waals surface area contributed by atoms with E-state index in [1.807, 2.05) is 10.9 Å². The number of aromatic nitrogens is 2. The summed E-state index contributed by atoms with van der Waals surface area (Å²) in [5, 5.41) is 4.23. The van der Waals surface area contributed by atoms with Crippen molar-refractivity contribution in [1.82, 2.24) is 9.78 Å². The van der Waals surface area contributed by atoms with Gasteiger partial charge in [0.2, 0.25) is 0 Å². The van der Waals surface area contributed by atoms with Crippen LogP contribution in [0.4, 0.5) is 0 Å². The minimum atomic E-state index is 0.902. The molecule has 72 valence electrons. The molecule has 0 saturated carbocycles. The van der Waals surface area contributed by atoms with Gasteiger partial charge in [0.1, 0.15) is 0 Å². The van der Waals surface area contributed by atoms with Crippen molar-refractivity contribution in [3.8, 4) is 0 Å². The molecule has 0 aliphatic heterocycles. The summed E-state index contributed by atoms with van der Waals surface area (Å²) in [6.45, 7) is 3.15. The standard InChI is InChI=1S/C10H16N2S/c1-2-6-12-9-10(8-11-12)5-3-4-7-13/h3,5,8-9,13H,2,4,6-7H2,1H3. The summed E-state index contributed by atoms with van der Waals surface area (Å²) in [6.07, 6.45) is 10.3. The first-order valence-corrected chi connectivity index (χ1v) is 5.30. The molecule has 0 fully saturated rings. The molecule has 3 heteroatoms. The number of nitrogens with zero attached hydrogens (tertiary/aromatic N) is 2. The Morgan fingerprint density at radius 3 is 3.15 bits per heavy atom. The van der Waals surface area contributed by atoms with Gasteiger partial charge >= 0.3 is 0 Å². The Hall–Kier alpha value is -0.700. The summed E-state index contributed by atoms with van der Waals surface area (Å²) < 4.78 is 1.97. The van der Waals surface area contributed by atoms with Crippen LogP contribution in [0.5, 0.6) is 0 Å². The van der Waals surface area contributed by atoms with E-state index in [1.165, 1.54) is 5.56 Å². The fourth-order valence-corrected chi connectivity index (χ4v) is 1.26. The second-order valence-electron chi connectivity index (χ2n) is 2.95. The highest BCUT2D eigenvalue weighted by atomic mass is 32.1. The summed E-state index contributed by atoms with van der Waals surface area (Å²) >= 11 is 4.13. The molecule has 1 aromatic rings. The Bertz CT molecular complexity index is 266. The van der Waals surface area contributed by atoms with Crippen molar-refractivity contribution in [2.75, 3.05) is 5.75 Å². The van der Waals surface area contributed by atoms with Crippen LogP contribution in [0.2, 0.25) is 0 Å². The number of rotatable bonds is 5. The third kappa shape index (κ3) is 3.68. The van der Waals surface area contributed by atoms with Gasteiger partial charge in [-0.15, -0.1) is 0 Å². The second kappa shape index (κ2) is 5.86. The first-order chi connectivity index (χ1) is 6.36. The van der Waals surface area contributed by atoms with E-state index in [-0.39, 0.29) is 0 Å². The van der Waals surface area contributed by atoms with E-state index in [9.17, 15) is 0 Å². The summed E-state index contributed by atoms with van der Waals surface area (Å²) in [5.41, 5.74) is 1.18. The molecule has 0 amide bonds. The van der Waals surface area contributed by atoms with Crippen molar-refractivity contribution in [2.24, 2.45) is 0 Å². The molecular weight excluding hydrogens is 180 g/mol. The Labute approximate surface area is 85.1 Å². The first-order valence-electron chi connectivity index (χ1n) is 4.66. The van der Waals surface area contributed by atoms with E-state index in [4.69, 9.17) is 0 Å². The Balaban J connectivity index is 2.48. The van der Waals surface area contributed by atoms with E-state index in [2.05, 4.69) is 43.0 Å². The maximum atomic E-state index is 4.23. The van der Waals surface area contributed by atoms with Crippen LogP contribution in [0, 0.1) is 0 Å². The van der Waals surface area contributed by atoms with Crippen molar-refractivity contribution in [3.63, 3.8) is 0 Å².